The Morgan fingerprint density at radius 2 is 1.85 bits per heavy atom. The van der Waals surface area contributed by atoms with Gasteiger partial charge in [-0.15, -0.1) is 0 Å². The lowest BCUT2D eigenvalue weighted by Gasteiger charge is -2.40. The molecule has 2 N–H and O–H groups in total. The van der Waals surface area contributed by atoms with Gasteiger partial charge in [0.15, 0.2) is 0 Å². The number of fused-ring (bicyclic) bond motifs is 1. The predicted molar refractivity (Wildman–Crippen MR) is 167 cm³/mol. The van der Waals surface area contributed by atoms with E-state index in [2.05, 4.69) is 54.5 Å². The maximum absolute atomic E-state index is 13.4. The first-order chi connectivity index (χ1) is 22.2. The van der Waals surface area contributed by atoms with Crippen LogP contribution in [0, 0.1) is 29.1 Å². The number of carbonyl (C=O) groups excluding carboxylic acids is 5. The van der Waals surface area contributed by atoms with Crippen LogP contribution in [0.4, 0.5) is 11.4 Å². The van der Waals surface area contributed by atoms with Crippen molar-refractivity contribution in [3.05, 3.63) is 75.5 Å². The summed E-state index contributed by atoms with van der Waals surface area (Å²) < 4.78 is 2.31. The Morgan fingerprint density at radius 3 is 2.54 bits per heavy atom. The molecule has 4 aliphatic rings. The quantitative estimate of drug-likeness (QED) is 0.308. The first-order valence-corrected chi connectivity index (χ1v) is 15.6. The molecule has 0 spiro atoms. The number of rotatable bonds is 5. The van der Waals surface area contributed by atoms with E-state index in [1.807, 2.05) is 0 Å². The van der Waals surface area contributed by atoms with E-state index in [1.165, 1.54) is 0 Å². The number of nitriles is 1. The number of piperidine rings is 1. The lowest BCUT2D eigenvalue weighted by atomic mass is 9.76. The molecular weight excluding hydrogens is 654 g/mol. The minimum atomic E-state index is -1.000. The summed E-state index contributed by atoms with van der Waals surface area (Å²) in [7, 11) is 0. The molecule has 13 heteroatoms. The topological polar surface area (TPSA) is 158 Å². The molecule has 5 amide bonds. The SMILES string of the molecule is N#Cc1ccc(NC(=O)C2(n3cc(C#CC4CN(c5ccc6c(c5)C(=O)N(C5CCC(=O)NC5=O)C6=O)C4)cn3)CCC2)cc1Br. The summed E-state index contributed by atoms with van der Waals surface area (Å²) in [5.41, 5.74) is 2.25. The number of amides is 5. The number of anilines is 2. The predicted octanol–water partition coefficient (Wildman–Crippen LogP) is 2.92. The Morgan fingerprint density at radius 1 is 1.07 bits per heavy atom. The monoisotopic (exact) mass is 679 g/mol. The van der Waals surface area contributed by atoms with Gasteiger partial charge in [-0.25, -0.2) is 0 Å². The van der Waals surface area contributed by atoms with E-state index in [-0.39, 0.29) is 35.8 Å². The van der Waals surface area contributed by atoms with Crippen molar-refractivity contribution in [1.82, 2.24) is 20.0 Å². The molecule has 0 bridgehead atoms. The molecular formula is C33H26BrN7O5. The van der Waals surface area contributed by atoms with Gasteiger partial charge in [-0.3, -0.25) is 38.9 Å². The fraction of sp³-hybridized carbons (Fsp3) is 0.303. The lowest BCUT2D eigenvalue weighted by Crippen LogP contribution is -2.54. The highest BCUT2D eigenvalue weighted by Crippen LogP contribution is 2.40. The maximum Gasteiger partial charge on any atom is 0.262 e. The minimum Gasteiger partial charge on any atom is -0.369 e. The van der Waals surface area contributed by atoms with Gasteiger partial charge in [0.25, 0.3) is 17.7 Å². The van der Waals surface area contributed by atoms with Crippen LogP contribution in [0.5, 0.6) is 0 Å². The van der Waals surface area contributed by atoms with Gasteiger partial charge in [-0.2, -0.15) is 10.4 Å². The number of aromatic nitrogens is 2. The van der Waals surface area contributed by atoms with Crippen LogP contribution < -0.4 is 15.5 Å². The van der Waals surface area contributed by atoms with Crippen LogP contribution in [-0.4, -0.2) is 63.3 Å². The number of imide groups is 2. The summed E-state index contributed by atoms with van der Waals surface area (Å²) in [5, 5.41) is 18.8. The van der Waals surface area contributed by atoms with E-state index >= 15 is 0 Å². The van der Waals surface area contributed by atoms with Gasteiger partial charge in [0, 0.05) is 41.6 Å². The van der Waals surface area contributed by atoms with Crippen molar-refractivity contribution >= 4 is 56.8 Å². The zero-order valence-electron chi connectivity index (χ0n) is 24.4. The van der Waals surface area contributed by atoms with E-state index in [0.717, 1.165) is 17.0 Å². The van der Waals surface area contributed by atoms with Crippen molar-refractivity contribution in [3.8, 4) is 17.9 Å². The highest BCUT2D eigenvalue weighted by Gasteiger charge is 2.47. The highest BCUT2D eigenvalue weighted by molar-refractivity contribution is 9.10. The van der Waals surface area contributed by atoms with Crippen LogP contribution in [0.2, 0.25) is 0 Å². The van der Waals surface area contributed by atoms with Gasteiger partial charge in [0.2, 0.25) is 11.8 Å². The van der Waals surface area contributed by atoms with E-state index < -0.39 is 35.2 Å². The average Bonchev–Trinajstić information content (AvgIpc) is 3.54. The minimum absolute atomic E-state index is 0.0699. The summed E-state index contributed by atoms with van der Waals surface area (Å²) >= 11 is 3.36. The second-order valence-electron chi connectivity index (χ2n) is 11.9. The molecule has 7 rings (SSSR count). The molecule has 1 aliphatic carbocycles. The van der Waals surface area contributed by atoms with Gasteiger partial charge in [0.05, 0.1) is 34.4 Å². The lowest BCUT2D eigenvalue weighted by molar-refractivity contribution is -0.136. The fourth-order valence-electron chi connectivity index (χ4n) is 6.25. The molecule has 3 fully saturated rings. The van der Waals surface area contributed by atoms with Gasteiger partial charge in [-0.1, -0.05) is 11.8 Å². The summed E-state index contributed by atoms with van der Waals surface area (Å²) in [4.78, 5) is 66.4. The van der Waals surface area contributed by atoms with Crippen molar-refractivity contribution in [2.45, 2.75) is 43.7 Å². The van der Waals surface area contributed by atoms with Crippen LogP contribution in [0.25, 0.3) is 0 Å². The van der Waals surface area contributed by atoms with Gasteiger partial charge in [0.1, 0.15) is 17.6 Å². The molecule has 1 saturated carbocycles. The molecule has 0 radical (unpaired) electrons. The number of nitrogens with zero attached hydrogens (tertiary/aromatic N) is 5. The Balaban J connectivity index is 0.986. The van der Waals surface area contributed by atoms with Gasteiger partial charge < -0.3 is 10.2 Å². The second-order valence-corrected chi connectivity index (χ2v) is 12.7. The summed E-state index contributed by atoms with van der Waals surface area (Å²) in [6.45, 7) is 1.26. The molecule has 2 saturated heterocycles. The van der Waals surface area contributed by atoms with E-state index in [4.69, 9.17) is 5.26 Å². The smallest absolute Gasteiger partial charge is 0.262 e. The number of hydrogen-bond acceptors (Lipinski definition) is 8. The van der Waals surface area contributed by atoms with Crippen molar-refractivity contribution in [2.24, 2.45) is 5.92 Å². The normalized spacial score (nSPS) is 20.1. The van der Waals surface area contributed by atoms with Crippen LogP contribution >= 0.6 is 15.9 Å². The van der Waals surface area contributed by atoms with Gasteiger partial charge >= 0.3 is 0 Å². The number of hydrogen-bond donors (Lipinski definition) is 2. The standard InChI is InChI=1S/C33H26BrN7O5/c34-26-12-22(5-4-21(26)14-35)37-32(46)33(10-1-11-33)40-18-19(15-36-40)2-3-20-16-39(17-20)23-6-7-24-25(13-23)31(45)41(30(24)44)27-8-9-28(42)38-29(27)43/h4-7,12-13,15,18,20,27H,1,8-11,16-17H2,(H,37,46)(H,38,42,43). The third kappa shape index (κ3) is 4.93. The van der Waals surface area contributed by atoms with E-state index in [0.29, 0.717) is 47.2 Å². The molecule has 1 aromatic heterocycles. The fourth-order valence-corrected chi connectivity index (χ4v) is 6.71. The molecule has 230 valence electrons. The van der Waals surface area contributed by atoms with E-state index in [9.17, 15) is 24.0 Å². The number of nitrogens with one attached hydrogen (secondary N) is 2. The first-order valence-electron chi connectivity index (χ1n) is 14.9. The Labute approximate surface area is 271 Å². The van der Waals surface area contributed by atoms with Crippen LogP contribution in [0.1, 0.15) is 63.9 Å². The zero-order chi connectivity index (χ0) is 32.2. The summed E-state index contributed by atoms with van der Waals surface area (Å²) in [6.07, 6.45) is 5.85. The first kappa shape index (κ1) is 29.4. The molecule has 2 aromatic carbocycles. The molecule has 12 nitrogen and oxygen atoms in total. The molecule has 46 heavy (non-hydrogen) atoms. The van der Waals surface area contributed by atoms with Gasteiger partial charge in [-0.05, 0) is 78.0 Å². The van der Waals surface area contributed by atoms with Crippen molar-refractivity contribution in [2.75, 3.05) is 23.3 Å². The maximum atomic E-state index is 13.4. The van der Waals surface area contributed by atoms with Crippen LogP contribution in [-0.2, 0) is 19.9 Å². The zero-order valence-corrected chi connectivity index (χ0v) is 26.0. The average molecular weight is 681 g/mol. The number of benzene rings is 2. The largest absolute Gasteiger partial charge is 0.369 e. The molecule has 4 heterocycles. The molecule has 3 aromatic rings. The third-order valence-electron chi connectivity index (χ3n) is 9.06. The summed E-state index contributed by atoms with van der Waals surface area (Å²) in [5.74, 6) is 4.24. The molecule has 1 unspecified atom stereocenters. The number of halogens is 1. The van der Waals surface area contributed by atoms with Crippen molar-refractivity contribution < 1.29 is 24.0 Å². The summed E-state index contributed by atoms with van der Waals surface area (Å²) in [6, 6.07) is 11.2. The highest BCUT2D eigenvalue weighted by atomic mass is 79.9. The van der Waals surface area contributed by atoms with Crippen LogP contribution in [0.3, 0.4) is 0 Å². The van der Waals surface area contributed by atoms with E-state index in [1.54, 1.807) is 53.5 Å². The Hall–Kier alpha value is -5.27. The number of carbonyl (C=O) groups is 5. The molecule has 3 aliphatic heterocycles. The van der Waals surface area contributed by atoms with Crippen molar-refractivity contribution in [1.29, 1.82) is 5.26 Å². The second kappa shape index (κ2) is 11.3. The third-order valence-corrected chi connectivity index (χ3v) is 9.72. The Bertz CT molecular complexity index is 1960. The Kier molecular flexibility index (Phi) is 7.21. The van der Waals surface area contributed by atoms with Crippen molar-refractivity contribution in [3.63, 3.8) is 0 Å². The molecule has 1 atom stereocenters. The van der Waals surface area contributed by atoms with Crippen LogP contribution in [0.15, 0.2) is 53.3 Å².